The molecule has 1 atom stereocenters. The number of likely N-dealkylation sites (N-methyl/N-ethyl adjacent to an activating group) is 1. The largest absolute Gasteiger partial charge is 0.340 e. The summed E-state index contributed by atoms with van der Waals surface area (Å²) in [5.41, 5.74) is 0. The topological polar surface area (TPSA) is 64.2 Å². The van der Waals surface area contributed by atoms with Crippen molar-refractivity contribution in [3.8, 4) is 0 Å². The second-order valence-corrected chi connectivity index (χ2v) is 8.39. The molecule has 1 amide bonds. The molecule has 22 heavy (non-hydrogen) atoms. The van der Waals surface area contributed by atoms with Crippen LogP contribution in [0.4, 0.5) is 0 Å². The molecule has 2 saturated heterocycles. The van der Waals surface area contributed by atoms with Crippen molar-refractivity contribution >= 4 is 16.1 Å². The highest BCUT2D eigenvalue weighted by Gasteiger charge is 2.35. The van der Waals surface area contributed by atoms with Crippen molar-refractivity contribution < 1.29 is 13.2 Å². The third kappa shape index (κ3) is 3.79. The highest BCUT2D eigenvalue weighted by atomic mass is 32.2. The summed E-state index contributed by atoms with van der Waals surface area (Å²) in [7, 11) is -0.357. The summed E-state index contributed by atoms with van der Waals surface area (Å²) in [6.45, 7) is 7.29. The van der Waals surface area contributed by atoms with E-state index in [1.54, 1.807) is 0 Å². The molecule has 0 aromatic rings. The van der Waals surface area contributed by atoms with Gasteiger partial charge in [0.25, 0.3) is 10.2 Å². The Morgan fingerprint density at radius 1 is 1.14 bits per heavy atom. The van der Waals surface area contributed by atoms with E-state index in [-0.39, 0.29) is 11.8 Å². The zero-order chi connectivity index (χ0) is 16.3. The first-order valence-electron chi connectivity index (χ1n) is 8.05. The maximum absolute atomic E-state index is 12.7. The fourth-order valence-electron chi connectivity index (χ4n) is 3.13. The Labute approximate surface area is 134 Å². The highest BCUT2D eigenvalue weighted by molar-refractivity contribution is 7.86. The van der Waals surface area contributed by atoms with Gasteiger partial charge in [0.05, 0.1) is 5.92 Å². The molecule has 0 saturated carbocycles. The number of carbonyl (C=O) groups excluding carboxylic acids is 1. The number of hydrogen-bond donors (Lipinski definition) is 0. The number of rotatable bonds is 4. The van der Waals surface area contributed by atoms with Gasteiger partial charge < -0.3 is 9.80 Å². The van der Waals surface area contributed by atoms with Gasteiger partial charge in [-0.15, -0.1) is 0 Å². The lowest BCUT2D eigenvalue weighted by Crippen LogP contribution is -2.53. The average Bonchev–Trinajstić information content (AvgIpc) is 2.54. The molecule has 0 radical (unpaired) electrons. The van der Waals surface area contributed by atoms with Crippen LogP contribution in [-0.2, 0) is 15.0 Å². The zero-order valence-electron chi connectivity index (χ0n) is 13.9. The minimum absolute atomic E-state index is 0.120. The van der Waals surface area contributed by atoms with Crippen LogP contribution in [0.2, 0.25) is 0 Å². The van der Waals surface area contributed by atoms with E-state index in [0.717, 1.165) is 45.6 Å². The van der Waals surface area contributed by atoms with Crippen LogP contribution < -0.4 is 0 Å². The van der Waals surface area contributed by atoms with E-state index in [4.69, 9.17) is 0 Å². The third-order valence-electron chi connectivity index (χ3n) is 4.65. The zero-order valence-corrected chi connectivity index (χ0v) is 14.7. The van der Waals surface area contributed by atoms with Crippen molar-refractivity contribution in [1.29, 1.82) is 0 Å². The van der Waals surface area contributed by atoms with Crippen LogP contribution in [0.5, 0.6) is 0 Å². The molecule has 0 N–H and O–H groups in total. The van der Waals surface area contributed by atoms with E-state index < -0.39 is 10.2 Å². The highest BCUT2D eigenvalue weighted by Crippen LogP contribution is 2.22. The summed E-state index contributed by atoms with van der Waals surface area (Å²) in [4.78, 5) is 16.9. The molecule has 0 aliphatic carbocycles. The Kier molecular flexibility index (Phi) is 5.81. The predicted molar refractivity (Wildman–Crippen MR) is 85.6 cm³/mol. The lowest BCUT2D eigenvalue weighted by Gasteiger charge is -2.38. The van der Waals surface area contributed by atoms with Gasteiger partial charge in [-0.3, -0.25) is 4.79 Å². The number of nitrogens with zero attached hydrogens (tertiary/aromatic N) is 4. The fourth-order valence-corrected chi connectivity index (χ4v) is 4.32. The summed E-state index contributed by atoms with van der Waals surface area (Å²) in [5, 5.41) is 0. The van der Waals surface area contributed by atoms with E-state index in [2.05, 4.69) is 11.8 Å². The minimum atomic E-state index is -3.42. The Morgan fingerprint density at radius 3 is 2.32 bits per heavy atom. The maximum Gasteiger partial charge on any atom is 0.281 e. The molecule has 0 aromatic carbocycles. The molecule has 7 nitrogen and oxygen atoms in total. The van der Waals surface area contributed by atoms with E-state index >= 15 is 0 Å². The van der Waals surface area contributed by atoms with Crippen molar-refractivity contribution in [2.45, 2.75) is 19.8 Å². The van der Waals surface area contributed by atoms with Gasteiger partial charge in [-0.05, 0) is 19.4 Å². The molecule has 0 unspecified atom stereocenters. The Hall–Kier alpha value is -0.700. The molecule has 128 valence electrons. The second kappa shape index (κ2) is 7.25. The minimum Gasteiger partial charge on any atom is -0.340 e. The van der Waals surface area contributed by atoms with Gasteiger partial charge in [0.2, 0.25) is 5.91 Å². The van der Waals surface area contributed by atoms with Gasteiger partial charge in [0, 0.05) is 53.4 Å². The average molecular weight is 332 g/mol. The standard InChI is InChI=1S/C14H28N4O3S/c1-4-16-8-10-17(11-9-16)14(19)13-6-5-7-18(12-13)22(20,21)15(2)3/h13H,4-12H2,1-3H3/t13-/m0/s1. The summed E-state index contributed by atoms with van der Waals surface area (Å²) in [6, 6.07) is 0. The van der Waals surface area contributed by atoms with Crippen LogP contribution in [0.15, 0.2) is 0 Å². The Morgan fingerprint density at radius 2 is 1.77 bits per heavy atom. The van der Waals surface area contributed by atoms with Crippen LogP contribution in [0, 0.1) is 5.92 Å². The monoisotopic (exact) mass is 332 g/mol. The number of amides is 1. The molecule has 0 bridgehead atoms. The number of carbonyl (C=O) groups is 1. The van der Waals surface area contributed by atoms with Gasteiger partial charge in [-0.2, -0.15) is 17.0 Å². The maximum atomic E-state index is 12.7. The lowest BCUT2D eigenvalue weighted by atomic mass is 9.98. The van der Waals surface area contributed by atoms with Crippen LogP contribution in [0.1, 0.15) is 19.8 Å². The molecule has 2 aliphatic heterocycles. The summed E-state index contributed by atoms with van der Waals surface area (Å²) < 4.78 is 27.1. The molecule has 8 heteroatoms. The lowest BCUT2D eigenvalue weighted by molar-refractivity contribution is -0.138. The Balaban J connectivity index is 1.96. The quantitative estimate of drug-likeness (QED) is 0.707. The van der Waals surface area contributed by atoms with Crippen molar-refractivity contribution in [3.05, 3.63) is 0 Å². The molecule has 2 rings (SSSR count). The molecule has 2 heterocycles. The number of piperidine rings is 1. The first kappa shape index (κ1) is 17.7. The number of piperazine rings is 1. The molecular weight excluding hydrogens is 304 g/mol. The second-order valence-electron chi connectivity index (χ2n) is 6.25. The first-order chi connectivity index (χ1) is 10.4. The third-order valence-corrected chi connectivity index (χ3v) is 6.56. The summed E-state index contributed by atoms with van der Waals surface area (Å²) in [6.07, 6.45) is 1.53. The molecule has 0 aromatic heterocycles. The molecular formula is C14H28N4O3S. The van der Waals surface area contributed by atoms with Gasteiger partial charge in [0.15, 0.2) is 0 Å². The van der Waals surface area contributed by atoms with E-state index in [1.807, 2.05) is 4.90 Å². The van der Waals surface area contributed by atoms with Crippen molar-refractivity contribution in [3.63, 3.8) is 0 Å². The van der Waals surface area contributed by atoms with Crippen LogP contribution in [0.25, 0.3) is 0 Å². The predicted octanol–water partition coefficient (Wildman–Crippen LogP) is -0.331. The number of hydrogen-bond acceptors (Lipinski definition) is 4. The normalized spacial score (nSPS) is 25.6. The molecule has 2 fully saturated rings. The van der Waals surface area contributed by atoms with E-state index in [1.165, 1.54) is 22.7 Å². The smallest absolute Gasteiger partial charge is 0.281 e. The van der Waals surface area contributed by atoms with Crippen LogP contribution in [0.3, 0.4) is 0 Å². The Bertz CT molecular complexity index is 486. The van der Waals surface area contributed by atoms with Gasteiger partial charge in [-0.25, -0.2) is 0 Å². The molecule has 2 aliphatic rings. The first-order valence-corrected chi connectivity index (χ1v) is 9.44. The van der Waals surface area contributed by atoms with E-state index in [9.17, 15) is 13.2 Å². The summed E-state index contributed by atoms with van der Waals surface area (Å²) in [5.74, 6) is -0.0777. The molecule has 0 spiro atoms. The van der Waals surface area contributed by atoms with Crippen molar-refractivity contribution in [2.24, 2.45) is 5.92 Å². The van der Waals surface area contributed by atoms with Gasteiger partial charge >= 0.3 is 0 Å². The van der Waals surface area contributed by atoms with Crippen LogP contribution >= 0.6 is 0 Å². The van der Waals surface area contributed by atoms with Crippen molar-refractivity contribution in [1.82, 2.24) is 18.4 Å². The SMILES string of the molecule is CCN1CCN(C(=O)[C@H]2CCCN(S(=O)(=O)N(C)C)C2)CC1. The fraction of sp³-hybridized carbons (Fsp3) is 0.929. The summed E-state index contributed by atoms with van der Waals surface area (Å²) >= 11 is 0. The van der Waals surface area contributed by atoms with Gasteiger partial charge in [0.1, 0.15) is 0 Å². The van der Waals surface area contributed by atoms with E-state index in [0.29, 0.717) is 13.1 Å². The van der Waals surface area contributed by atoms with Crippen LogP contribution in [-0.4, -0.2) is 92.6 Å². The van der Waals surface area contributed by atoms with Crippen molar-refractivity contribution in [2.75, 3.05) is 59.9 Å². The van der Waals surface area contributed by atoms with Gasteiger partial charge in [-0.1, -0.05) is 6.92 Å².